The van der Waals surface area contributed by atoms with Crippen molar-refractivity contribution in [3.8, 4) is 5.75 Å². The summed E-state index contributed by atoms with van der Waals surface area (Å²) >= 11 is 0. The van der Waals surface area contributed by atoms with E-state index in [9.17, 15) is 0 Å². The van der Waals surface area contributed by atoms with E-state index in [4.69, 9.17) is 4.74 Å². The number of hydrogen-bond acceptors (Lipinski definition) is 3. The summed E-state index contributed by atoms with van der Waals surface area (Å²) in [5.74, 6) is 0.920. The van der Waals surface area contributed by atoms with Crippen molar-refractivity contribution in [2.45, 2.75) is 13.8 Å². The molecular formula is C12H20N2O. The Hall–Kier alpha value is -1.22. The van der Waals surface area contributed by atoms with E-state index in [1.807, 2.05) is 7.05 Å². The molecule has 0 aliphatic heterocycles. The first kappa shape index (κ1) is 11.9. The fraction of sp³-hybridized carbons (Fsp3) is 0.500. The second kappa shape index (κ2) is 5.61. The van der Waals surface area contributed by atoms with Gasteiger partial charge in [-0.2, -0.15) is 0 Å². The van der Waals surface area contributed by atoms with Crippen LogP contribution in [0, 0.1) is 13.8 Å². The average Bonchev–Trinajstić information content (AvgIpc) is 2.20. The summed E-state index contributed by atoms with van der Waals surface area (Å²) in [4.78, 5) is 0. The molecule has 0 amide bonds. The highest BCUT2D eigenvalue weighted by molar-refractivity contribution is 5.63. The van der Waals surface area contributed by atoms with Gasteiger partial charge in [-0.05, 0) is 38.1 Å². The van der Waals surface area contributed by atoms with Crippen molar-refractivity contribution in [3.63, 3.8) is 0 Å². The molecule has 0 heterocycles. The minimum absolute atomic E-state index is 0.900. The number of likely N-dealkylation sites (N-methyl/N-ethyl adjacent to an activating group) is 1. The SMILES string of the molecule is CNCCNc1c(C)cc(C)cc1OC. The Balaban J connectivity index is 2.84. The first-order valence-corrected chi connectivity index (χ1v) is 5.22. The molecule has 2 N–H and O–H groups in total. The first-order valence-electron chi connectivity index (χ1n) is 5.22. The van der Waals surface area contributed by atoms with Gasteiger partial charge in [-0.15, -0.1) is 0 Å². The zero-order valence-electron chi connectivity index (χ0n) is 9.98. The molecule has 3 nitrogen and oxygen atoms in total. The van der Waals surface area contributed by atoms with Crippen LogP contribution in [0.15, 0.2) is 12.1 Å². The van der Waals surface area contributed by atoms with Crippen LogP contribution in [-0.2, 0) is 0 Å². The van der Waals surface area contributed by atoms with E-state index in [2.05, 4.69) is 36.6 Å². The minimum atomic E-state index is 0.900. The molecule has 0 atom stereocenters. The summed E-state index contributed by atoms with van der Waals surface area (Å²) in [6, 6.07) is 4.21. The molecule has 1 aromatic rings. The third kappa shape index (κ3) is 3.13. The van der Waals surface area contributed by atoms with Gasteiger partial charge in [-0.3, -0.25) is 0 Å². The molecule has 1 aromatic carbocycles. The summed E-state index contributed by atoms with van der Waals surface area (Å²) in [7, 11) is 3.65. The normalized spacial score (nSPS) is 10.1. The zero-order chi connectivity index (χ0) is 11.3. The van der Waals surface area contributed by atoms with Gasteiger partial charge in [0.2, 0.25) is 0 Å². The van der Waals surface area contributed by atoms with Crippen LogP contribution in [0.3, 0.4) is 0 Å². The maximum absolute atomic E-state index is 5.35. The fourth-order valence-electron chi connectivity index (χ4n) is 1.63. The Morgan fingerprint density at radius 1 is 1.20 bits per heavy atom. The van der Waals surface area contributed by atoms with Crippen LogP contribution < -0.4 is 15.4 Å². The molecule has 0 saturated carbocycles. The molecule has 3 heteroatoms. The quantitative estimate of drug-likeness (QED) is 0.726. The van der Waals surface area contributed by atoms with Crippen molar-refractivity contribution in [1.29, 1.82) is 0 Å². The third-order valence-corrected chi connectivity index (χ3v) is 2.34. The lowest BCUT2D eigenvalue weighted by molar-refractivity contribution is 0.416. The summed E-state index contributed by atoms with van der Waals surface area (Å²) in [5.41, 5.74) is 3.55. The van der Waals surface area contributed by atoms with Crippen molar-refractivity contribution in [2.75, 3.05) is 32.6 Å². The van der Waals surface area contributed by atoms with Crippen molar-refractivity contribution in [1.82, 2.24) is 5.32 Å². The van der Waals surface area contributed by atoms with Gasteiger partial charge in [0.15, 0.2) is 0 Å². The molecule has 0 bridgehead atoms. The number of ether oxygens (including phenoxy) is 1. The monoisotopic (exact) mass is 208 g/mol. The van der Waals surface area contributed by atoms with E-state index in [1.54, 1.807) is 7.11 Å². The van der Waals surface area contributed by atoms with Gasteiger partial charge in [0.05, 0.1) is 12.8 Å². The van der Waals surface area contributed by atoms with Gasteiger partial charge in [0.1, 0.15) is 5.75 Å². The summed E-state index contributed by atoms with van der Waals surface area (Å²) in [6.07, 6.45) is 0. The first-order chi connectivity index (χ1) is 7.19. The van der Waals surface area contributed by atoms with Crippen LogP contribution in [0.4, 0.5) is 5.69 Å². The standard InChI is InChI=1S/C12H20N2O/c1-9-7-10(2)12(11(8-9)15-4)14-6-5-13-3/h7-8,13-14H,5-6H2,1-4H3. The summed E-state index contributed by atoms with van der Waals surface area (Å²) in [6.45, 7) is 6.01. The van der Waals surface area contributed by atoms with Crippen LogP contribution in [0.5, 0.6) is 5.75 Å². The van der Waals surface area contributed by atoms with Crippen LogP contribution in [0.25, 0.3) is 0 Å². The van der Waals surface area contributed by atoms with Gasteiger partial charge in [0.25, 0.3) is 0 Å². The molecule has 15 heavy (non-hydrogen) atoms. The molecule has 0 radical (unpaired) electrons. The number of benzene rings is 1. The average molecular weight is 208 g/mol. The maximum atomic E-state index is 5.35. The molecule has 0 saturated heterocycles. The van der Waals surface area contributed by atoms with Crippen molar-refractivity contribution in [2.24, 2.45) is 0 Å². The highest BCUT2D eigenvalue weighted by Crippen LogP contribution is 2.29. The number of hydrogen-bond donors (Lipinski definition) is 2. The van der Waals surface area contributed by atoms with Crippen LogP contribution in [0.1, 0.15) is 11.1 Å². The Labute approximate surface area is 91.8 Å². The molecule has 0 unspecified atom stereocenters. The molecule has 0 aromatic heterocycles. The highest BCUT2D eigenvalue weighted by Gasteiger charge is 2.06. The van der Waals surface area contributed by atoms with Crippen molar-refractivity contribution in [3.05, 3.63) is 23.3 Å². The van der Waals surface area contributed by atoms with Crippen LogP contribution in [0.2, 0.25) is 0 Å². The van der Waals surface area contributed by atoms with Gasteiger partial charge >= 0.3 is 0 Å². The molecule has 1 rings (SSSR count). The maximum Gasteiger partial charge on any atom is 0.142 e. The van der Waals surface area contributed by atoms with E-state index in [0.29, 0.717) is 0 Å². The molecule has 0 aliphatic rings. The molecule has 84 valence electrons. The van der Waals surface area contributed by atoms with Gasteiger partial charge in [-0.25, -0.2) is 0 Å². The Kier molecular flexibility index (Phi) is 4.43. The molecular weight excluding hydrogens is 188 g/mol. The molecule has 0 aliphatic carbocycles. The zero-order valence-corrected chi connectivity index (χ0v) is 9.98. The lowest BCUT2D eigenvalue weighted by Crippen LogP contribution is -2.18. The number of anilines is 1. The minimum Gasteiger partial charge on any atom is -0.495 e. The van der Waals surface area contributed by atoms with E-state index in [1.165, 1.54) is 11.1 Å². The summed E-state index contributed by atoms with van der Waals surface area (Å²) < 4.78 is 5.35. The van der Waals surface area contributed by atoms with Crippen LogP contribution >= 0.6 is 0 Å². The molecule has 0 spiro atoms. The third-order valence-electron chi connectivity index (χ3n) is 2.34. The number of aryl methyl sites for hydroxylation is 2. The molecule has 0 fully saturated rings. The van der Waals surface area contributed by atoms with Gasteiger partial charge < -0.3 is 15.4 Å². The Morgan fingerprint density at radius 2 is 1.93 bits per heavy atom. The Morgan fingerprint density at radius 3 is 2.53 bits per heavy atom. The number of rotatable bonds is 5. The number of methoxy groups -OCH3 is 1. The van der Waals surface area contributed by atoms with E-state index < -0.39 is 0 Å². The van der Waals surface area contributed by atoms with E-state index in [-0.39, 0.29) is 0 Å². The van der Waals surface area contributed by atoms with E-state index in [0.717, 1.165) is 24.5 Å². The lowest BCUT2D eigenvalue weighted by atomic mass is 10.1. The van der Waals surface area contributed by atoms with Crippen molar-refractivity contribution < 1.29 is 4.74 Å². The summed E-state index contributed by atoms with van der Waals surface area (Å²) in [5, 5.41) is 6.48. The predicted octanol–water partition coefficient (Wildman–Crippen LogP) is 1.94. The van der Waals surface area contributed by atoms with Crippen LogP contribution in [-0.4, -0.2) is 27.2 Å². The highest BCUT2D eigenvalue weighted by atomic mass is 16.5. The predicted molar refractivity (Wildman–Crippen MR) is 64.9 cm³/mol. The van der Waals surface area contributed by atoms with E-state index >= 15 is 0 Å². The lowest BCUT2D eigenvalue weighted by Gasteiger charge is -2.14. The second-order valence-electron chi connectivity index (χ2n) is 3.69. The smallest absolute Gasteiger partial charge is 0.142 e. The van der Waals surface area contributed by atoms with Gasteiger partial charge in [0, 0.05) is 13.1 Å². The van der Waals surface area contributed by atoms with Crippen molar-refractivity contribution >= 4 is 5.69 Å². The largest absolute Gasteiger partial charge is 0.495 e. The second-order valence-corrected chi connectivity index (χ2v) is 3.69. The Bertz CT molecular complexity index is 324. The van der Waals surface area contributed by atoms with Gasteiger partial charge in [-0.1, -0.05) is 6.07 Å². The fourth-order valence-corrected chi connectivity index (χ4v) is 1.63. The number of nitrogens with one attached hydrogen (secondary N) is 2. The topological polar surface area (TPSA) is 33.3 Å².